The van der Waals surface area contributed by atoms with Crippen molar-refractivity contribution in [2.45, 2.75) is 25.2 Å². The normalized spacial score (nSPS) is 21.3. The summed E-state index contributed by atoms with van der Waals surface area (Å²) in [5, 5.41) is 21.3. The quantitative estimate of drug-likeness (QED) is 0.765. The van der Waals surface area contributed by atoms with Crippen molar-refractivity contribution < 1.29 is 24.5 Å². The zero-order valence-corrected chi connectivity index (χ0v) is 11.7. The molecule has 1 fully saturated rings. The number of methoxy groups -OCH3 is 1. The summed E-state index contributed by atoms with van der Waals surface area (Å²) in [7, 11) is 1.58. The van der Waals surface area contributed by atoms with Crippen LogP contribution in [0.5, 0.6) is 0 Å². The fraction of sp³-hybridized carbons (Fsp3) is 0.429. The molecule has 1 aliphatic heterocycles. The molecule has 3 N–H and O–H groups in total. The predicted molar refractivity (Wildman–Crippen MR) is 74.9 cm³/mol. The van der Waals surface area contributed by atoms with E-state index in [-0.39, 0.29) is 13.0 Å². The number of nitrogens with one attached hydrogen (secondary N) is 1. The number of anilines is 1. The third-order valence-corrected chi connectivity index (χ3v) is 3.31. The van der Waals surface area contributed by atoms with E-state index in [0.717, 1.165) is 10.5 Å². The molecule has 2 unspecified atom stereocenters. The molecule has 2 rings (SSSR count). The van der Waals surface area contributed by atoms with Crippen LogP contribution >= 0.6 is 0 Å². The number of ether oxygens (including phenoxy) is 1. The van der Waals surface area contributed by atoms with Gasteiger partial charge in [0, 0.05) is 25.8 Å². The van der Waals surface area contributed by atoms with E-state index >= 15 is 0 Å². The van der Waals surface area contributed by atoms with Crippen LogP contribution in [0.1, 0.15) is 12.0 Å². The molecule has 1 aromatic carbocycles. The molecule has 2 atom stereocenters. The summed E-state index contributed by atoms with van der Waals surface area (Å²) in [5.41, 5.74) is 1.45. The number of carboxylic acids is 1. The summed E-state index contributed by atoms with van der Waals surface area (Å²) in [6, 6.07) is 5.56. The fourth-order valence-electron chi connectivity index (χ4n) is 2.37. The maximum absolute atomic E-state index is 12.2. The first kappa shape index (κ1) is 15.3. The van der Waals surface area contributed by atoms with Gasteiger partial charge in [-0.1, -0.05) is 12.1 Å². The monoisotopic (exact) mass is 294 g/mol. The number of carbonyl (C=O) groups excluding carboxylic acids is 1. The van der Waals surface area contributed by atoms with Gasteiger partial charge in [-0.25, -0.2) is 9.59 Å². The molecular formula is C14H18N2O5. The van der Waals surface area contributed by atoms with Crippen molar-refractivity contribution in [2.75, 3.05) is 19.0 Å². The minimum atomic E-state index is -1.12. The van der Waals surface area contributed by atoms with Crippen LogP contribution in [0.3, 0.4) is 0 Å². The number of rotatable bonds is 4. The lowest BCUT2D eigenvalue weighted by Gasteiger charge is -2.21. The van der Waals surface area contributed by atoms with Gasteiger partial charge in [0.2, 0.25) is 0 Å². The standard InChI is InChI=1S/C14H18N2O5/c1-21-8-9-3-2-4-10(5-9)15-14(20)16-7-11(17)6-12(16)13(18)19/h2-5,11-12,17H,6-8H2,1H3,(H,15,20)(H,18,19). The highest BCUT2D eigenvalue weighted by atomic mass is 16.5. The number of aliphatic hydroxyl groups is 1. The lowest BCUT2D eigenvalue weighted by molar-refractivity contribution is -0.141. The Balaban J connectivity index is 2.07. The number of aliphatic carboxylic acids is 1. The van der Waals surface area contributed by atoms with E-state index in [4.69, 9.17) is 9.84 Å². The molecular weight excluding hydrogens is 276 g/mol. The van der Waals surface area contributed by atoms with Gasteiger partial charge in [0.05, 0.1) is 12.7 Å². The fourth-order valence-corrected chi connectivity index (χ4v) is 2.37. The van der Waals surface area contributed by atoms with Gasteiger partial charge < -0.3 is 25.2 Å². The van der Waals surface area contributed by atoms with Gasteiger partial charge in [0.25, 0.3) is 0 Å². The minimum Gasteiger partial charge on any atom is -0.480 e. The summed E-state index contributed by atoms with van der Waals surface area (Å²) < 4.78 is 5.02. The zero-order chi connectivity index (χ0) is 15.4. The number of β-amino-alcohol motifs (C(OH)–C–C–N with tert-alkyl or cyclic N) is 1. The molecule has 1 heterocycles. The van der Waals surface area contributed by atoms with Gasteiger partial charge in [-0.2, -0.15) is 0 Å². The van der Waals surface area contributed by atoms with E-state index in [0.29, 0.717) is 12.3 Å². The third-order valence-electron chi connectivity index (χ3n) is 3.31. The molecule has 114 valence electrons. The van der Waals surface area contributed by atoms with Crippen molar-refractivity contribution in [3.05, 3.63) is 29.8 Å². The molecule has 0 bridgehead atoms. The van der Waals surface area contributed by atoms with Crippen molar-refractivity contribution in [1.29, 1.82) is 0 Å². The summed E-state index contributed by atoms with van der Waals surface area (Å²) in [6.45, 7) is 0.435. The number of hydrogen-bond acceptors (Lipinski definition) is 4. The van der Waals surface area contributed by atoms with Gasteiger partial charge in [0.15, 0.2) is 0 Å². The van der Waals surface area contributed by atoms with E-state index in [1.165, 1.54) is 0 Å². The van der Waals surface area contributed by atoms with Gasteiger partial charge >= 0.3 is 12.0 Å². The molecule has 0 aliphatic carbocycles. The van der Waals surface area contributed by atoms with Crippen LogP contribution in [0.15, 0.2) is 24.3 Å². The number of carboxylic acid groups (broad SMARTS) is 1. The summed E-state index contributed by atoms with van der Waals surface area (Å²) in [6.07, 6.45) is -0.761. The van der Waals surface area contributed by atoms with Gasteiger partial charge in [-0.15, -0.1) is 0 Å². The first-order chi connectivity index (χ1) is 10.0. The van der Waals surface area contributed by atoms with Gasteiger partial charge in [-0.05, 0) is 17.7 Å². The number of nitrogens with zero attached hydrogens (tertiary/aromatic N) is 1. The van der Waals surface area contributed by atoms with Crippen LogP contribution < -0.4 is 5.32 Å². The van der Waals surface area contributed by atoms with Crippen molar-refractivity contribution in [1.82, 2.24) is 4.90 Å². The van der Waals surface area contributed by atoms with Crippen molar-refractivity contribution in [3.63, 3.8) is 0 Å². The maximum Gasteiger partial charge on any atom is 0.326 e. The smallest absolute Gasteiger partial charge is 0.326 e. The second-order valence-electron chi connectivity index (χ2n) is 4.96. The first-order valence-corrected chi connectivity index (χ1v) is 6.57. The molecule has 0 saturated carbocycles. The Kier molecular flexibility index (Phi) is 4.77. The lowest BCUT2D eigenvalue weighted by atomic mass is 10.2. The molecule has 1 aliphatic rings. The minimum absolute atomic E-state index is 0.0144. The molecule has 1 saturated heterocycles. The third kappa shape index (κ3) is 3.71. The molecule has 0 aromatic heterocycles. The van der Waals surface area contributed by atoms with E-state index in [2.05, 4.69) is 5.32 Å². The highest BCUT2D eigenvalue weighted by Gasteiger charge is 2.38. The molecule has 1 aromatic rings. The number of hydrogen-bond donors (Lipinski definition) is 3. The average molecular weight is 294 g/mol. The summed E-state index contributed by atoms with van der Waals surface area (Å²) >= 11 is 0. The molecule has 21 heavy (non-hydrogen) atoms. The lowest BCUT2D eigenvalue weighted by Crippen LogP contribution is -2.43. The van der Waals surface area contributed by atoms with Crippen molar-refractivity contribution in [2.24, 2.45) is 0 Å². The van der Waals surface area contributed by atoms with Crippen LogP contribution in [0, 0.1) is 0 Å². The number of aliphatic hydroxyl groups excluding tert-OH is 1. The first-order valence-electron chi connectivity index (χ1n) is 6.57. The number of carbonyl (C=O) groups is 2. The Labute approximate surface area is 122 Å². The number of benzene rings is 1. The molecule has 2 amide bonds. The molecule has 0 spiro atoms. The SMILES string of the molecule is COCc1cccc(NC(=O)N2CC(O)CC2C(=O)O)c1. The van der Waals surface area contributed by atoms with Gasteiger partial charge in [0.1, 0.15) is 6.04 Å². The Bertz CT molecular complexity index is 534. The van der Waals surface area contributed by atoms with E-state index in [1.54, 1.807) is 25.3 Å². The molecule has 0 radical (unpaired) electrons. The largest absolute Gasteiger partial charge is 0.480 e. The van der Waals surface area contributed by atoms with Crippen LogP contribution in [-0.4, -0.2) is 52.9 Å². The Hall–Kier alpha value is -2.12. The van der Waals surface area contributed by atoms with Crippen molar-refractivity contribution in [3.8, 4) is 0 Å². The second kappa shape index (κ2) is 6.55. The highest BCUT2D eigenvalue weighted by Crippen LogP contribution is 2.20. The van der Waals surface area contributed by atoms with Crippen LogP contribution in [0.4, 0.5) is 10.5 Å². The Morgan fingerprint density at radius 2 is 2.24 bits per heavy atom. The second-order valence-corrected chi connectivity index (χ2v) is 4.96. The highest BCUT2D eigenvalue weighted by molar-refractivity contribution is 5.92. The predicted octanol–water partition coefficient (Wildman–Crippen LogP) is 0.885. The maximum atomic E-state index is 12.2. The Morgan fingerprint density at radius 3 is 2.90 bits per heavy atom. The van der Waals surface area contributed by atoms with Crippen LogP contribution in [0.2, 0.25) is 0 Å². The molecule has 7 heteroatoms. The van der Waals surface area contributed by atoms with E-state index < -0.39 is 24.1 Å². The number of urea groups is 1. The summed E-state index contributed by atoms with van der Waals surface area (Å²) in [4.78, 5) is 24.4. The van der Waals surface area contributed by atoms with Crippen LogP contribution in [0.25, 0.3) is 0 Å². The van der Waals surface area contributed by atoms with E-state index in [9.17, 15) is 14.7 Å². The zero-order valence-electron chi connectivity index (χ0n) is 11.7. The number of likely N-dealkylation sites (tertiary alicyclic amines) is 1. The van der Waals surface area contributed by atoms with Gasteiger partial charge in [-0.3, -0.25) is 0 Å². The average Bonchev–Trinajstić information content (AvgIpc) is 2.82. The van der Waals surface area contributed by atoms with Crippen LogP contribution in [-0.2, 0) is 16.1 Å². The molecule has 7 nitrogen and oxygen atoms in total. The van der Waals surface area contributed by atoms with Crippen molar-refractivity contribution >= 4 is 17.7 Å². The number of amides is 2. The summed E-state index contributed by atoms with van der Waals surface area (Å²) in [5.74, 6) is -1.12. The van der Waals surface area contributed by atoms with E-state index in [1.807, 2.05) is 6.07 Å². The Morgan fingerprint density at radius 1 is 1.48 bits per heavy atom. The topological polar surface area (TPSA) is 99.1 Å².